The highest BCUT2D eigenvalue weighted by Crippen LogP contribution is 2.41. The molecule has 7 nitrogen and oxygen atoms in total. The second kappa shape index (κ2) is 13.8. The van der Waals surface area contributed by atoms with Gasteiger partial charge in [0.2, 0.25) is 0 Å². The van der Waals surface area contributed by atoms with E-state index in [9.17, 15) is 9.59 Å². The number of anilines is 4. The Bertz CT molecular complexity index is 2610. The van der Waals surface area contributed by atoms with Gasteiger partial charge in [0.15, 0.2) is 0 Å². The molecular formula is C46H43N3O4. The van der Waals surface area contributed by atoms with Crippen molar-refractivity contribution in [1.82, 2.24) is 0 Å². The van der Waals surface area contributed by atoms with Crippen LogP contribution in [0.25, 0.3) is 55.3 Å². The summed E-state index contributed by atoms with van der Waals surface area (Å²) in [5.74, 6) is 0. The van der Waals surface area contributed by atoms with E-state index >= 15 is 0 Å². The summed E-state index contributed by atoms with van der Waals surface area (Å²) in [7, 11) is 2.05. The summed E-state index contributed by atoms with van der Waals surface area (Å²) in [6.45, 7) is 12.0. The molecule has 0 fully saturated rings. The summed E-state index contributed by atoms with van der Waals surface area (Å²) >= 11 is 0. The smallest absolute Gasteiger partial charge is 0.344 e. The molecule has 0 saturated carbocycles. The van der Waals surface area contributed by atoms with Gasteiger partial charge in [0.25, 0.3) is 0 Å². The molecule has 266 valence electrons. The molecule has 1 aliphatic carbocycles. The minimum atomic E-state index is -0.345. The summed E-state index contributed by atoms with van der Waals surface area (Å²) in [6.07, 6.45) is 0.777. The van der Waals surface area contributed by atoms with Crippen molar-refractivity contribution in [2.75, 3.05) is 47.9 Å². The van der Waals surface area contributed by atoms with Gasteiger partial charge in [-0.15, -0.1) is 0 Å². The number of rotatable bonds is 10. The molecule has 0 saturated heterocycles. The SMILES string of the molecule is CCN(CC)c1ccc2cc(-c3ccc(N(C)c4ccc5c(c4)Cc4cc(-c6cc7ccc(N(CC)CC)cc7oc6=O)ccc4-5)cc3)c(=O)oc2c1. The Hall–Kier alpha value is -6.08. The van der Waals surface area contributed by atoms with Crippen molar-refractivity contribution in [3.63, 3.8) is 0 Å². The topological polar surface area (TPSA) is 70.1 Å². The molecule has 53 heavy (non-hydrogen) atoms. The zero-order valence-electron chi connectivity index (χ0n) is 30.9. The predicted octanol–water partition coefficient (Wildman–Crippen LogP) is 10.3. The van der Waals surface area contributed by atoms with Gasteiger partial charge in [0.1, 0.15) is 11.2 Å². The zero-order chi connectivity index (χ0) is 36.8. The molecule has 1 aliphatic rings. The Balaban J connectivity index is 1.01. The van der Waals surface area contributed by atoms with E-state index in [1.165, 1.54) is 22.3 Å². The van der Waals surface area contributed by atoms with Crippen LogP contribution in [0.4, 0.5) is 22.7 Å². The van der Waals surface area contributed by atoms with E-state index in [1.807, 2.05) is 66.7 Å². The monoisotopic (exact) mass is 701 g/mol. The minimum absolute atomic E-state index is 0.328. The maximum Gasteiger partial charge on any atom is 0.344 e. The fourth-order valence-electron chi connectivity index (χ4n) is 7.76. The first-order chi connectivity index (χ1) is 25.8. The summed E-state index contributed by atoms with van der Waals surface area (Å²) in [5, 5.41) is 1.80. The molecule has 2 aromatic heterocycles. The normalized spacial score (nSPS) is 11.9. The lowest BCUT2D eigenvalue weighted by Gasteiger charge is -2.21. The van der Waals surface area contributed by atoms with Gasteiger partial charge in [-0.05, 0) is 134 Å². The maximum absolute atomic E-state index is 13.2. The third kappa shape index (κ3) is 6.16. The molecule has 0 aliphatic heterocycles. The number of nitrogens with zero attached hydrogens (tertiary/aromatic N) is 3. The number of benzene rings is 5. The lowest BCUT2D eigenvalue weighted by molar-refractivity contribution is 0.563. The maximum atomic E-state index is 13.2. The van der Waals surface area contributed by atoms with E-state index in [0.29, 0.717) is 22.3 Å². The number of hydrogen-bond donors (Lipinski definition) is 0. The zero-order valence-corrected chi connectivity index (χ0v) is 30.9. The van der Waals surface area contributed by atoms with Gasteiger partial charge in [0.05, 0.1) is 11.1 Å². The first-order valence-corrected chi connectivity index (χ1v) is 18.5. The fraction of sp³-hybridized carbons (Fsp3) is 0.217. The third-order valence-electron chi connectivity index (χ3n) is 10.8. The highest BCUT2D eigenvalue weighted by Gasteiger charge is 2.22. The lowest BCUT2D eigenvalue weighted by Crippen LogP contribution is -2.21. The van der Waals surface area contributed by atoms with Crippen molar-refractivity contribution in [2.45, 2.75) is 34.1 Å². The van der Waals surface area contributed by atoms with Crippen molar-refractivity contribution < 1.29 is 8.83 Å². The average Bonchev–Trinajstić information content (AvgIpc) is 3.55. The molecule has 2 heterocycles. The molecule has 0 spiro atoms. The highest BCUT2D eigenvalue weighted by molar-refractivity contribution is 5.87. The van der Waals surface area contributed by atoms with Crippen LogP contribution >= 0.6 is 0 Å². The molecule has 8 rings (SSSR count). The molecular weight excluding hydrogens is 659 g/mol. The van der Waals surface area contributed by atoms with E-state index in [-0.39, 0.29) is 11.3 Å². The quantitative estimate of drug-likeness (QED) is 0.131. The van der Waals surface area contributed by atoms with Crippen molar-refractivity contribution in [3.05, 3.63) is 141 Å². The van der Waals surface area contributed by atoms with Crippen LogP contribution < -0.4 is 26.0 Å². The first kappa shape index (κ1) is 34.0. The summed E-state index contributed by atoms with van der Waals surface area (Å²) in [5.41, 5.74) is 12.3. The summed E-state index contributed by atoms with van der Waals surface area (Å²) in [4.78, 5) is 33.0. The van der Waals surface area contributed by atoms with Gasteiger partial charge in [-0.1, -0.05) is 30.3 Å². The van der Waals surface area contributed by atoms with Gasteiger partial charge < -0.3 is 23.5 Å². The molecule has 0 radical (unpaired) electrons. The average molecular weight is 702 g/mol. The third-order valence-corrected chi connectivity index (χ3v) is 10.8. The standard InChI is InChI=1S/C46H43N3O4/c1-6-48(7-2)37-17-12-31-25-41(45(50)52-43(31)27-37)29-10-15-35(16-11-29)47(5)36-19-21-40-34(24-36)23-33-22-30(14-20-39(33)40)42-26-32-13-18-38(49(8-3)9-4)28-44(32)53-46(42)51/h10-22,24-28H,6-9,23H2,1-5H3. The first-order valence-electron chi connectivity index (χ1n) is 18.5. The van der Waals surface area contributed by atoms with E-state index in [0.717, 1.165) is 77.2 Å². The predicted molar refractivity (Wildman–Crippen MR) is 219 cm³/mol. The van der Waals surface area contributed by atoms with Gasteiger partial charge in [-0.25, -0.2) is 9.59 Å². The molecule has 0 bridgehead atoms. The van der Waals surface area contributed by atoms with Crippen LogP contribution in [-0.2, 0) is 6.42 Å². The second-order valence-electron chi connectivity index (χ2n) is 13.7. The Morgan fingerprint density at radius 1 is 0.472 bits per heavy atom. The highest BCUT2D eigenvalue weighted by atomic mass is 16.4. The number of fused-ring (bicyclic) bond motifs is 5. The van der Waals surface area contributed by atoms with Gasteiger partial charge in [0, 0.05) is 78.9 Å². The van der Waals surface area contributed by atoms with E-state index < -0.39 is 0 Å². The van der Waals surface area contributed by atoms with E-state index in [2.05, 4.69) is 91.9 Å². The number of hydrogen-bond acceptors (Lipinski definition) is 7. The van der Waals surface area contributed by atoms with Crippen molar-refractivity contribution in [2.24, 2.45) is 0 Å². The Morgan fingerprint density at radius 3 is 1.47 bits per heavy atom. The van der Waals surface area contributed by atoms with Crippen LogP contribution in [0.2, 0.25) is 0 Å². The second-order valence-corrected chi connectivity index (χ2v) is 13.7. The van der Waals surface area contributed by atoms with E-state index in [4.69, 9.17) is 8.83 Å². The van der Waals surface area contributed by atoms with Gasteiger partial charge >= 0.3 is 11.3 Å². The van der Waals surface area contributed by atoms with Crippen LogP contribution in [0.3, 0.4) is 0 Å². The minimum Gasteiger partial charge on any atom is -0.422 e. The van der Waals surface area contributed by atoms with Crippen molar-refractivity contribution in [3.8, 4) is 33.4 Å². The fourth-order valence-corrected chi connectivity index (χ4v) is 7.76. The molecule has 0 amide bonds. The van der Waals surface area contributed by atoms with Crippen LogP contribution in [0.1, 0.15) is 38.8 Å². The Labute approximate surface area is 309 Å². The molecule has 7 aromatic rings. The molecule has 0 atom stereocenters. The van der Waals surface area contributed by atoms with E-state index in [1.54, 1.807) is 0 Å². The Kier molecular flexibility index (Phi) is 8.87. The molecule has 0 unspecified atom stereocenters. The largest absolute Gasteiger partial charge is 0.422 e. The lowest BCUT2D eigenvalue weighted by atomic mass is 9.99. The van der Waals surface area contributed by atoms with Gasteiger partial charge in [-0.2, -0.15) is 0 Å². The molecule has 0 N–H and O–H groups in total. The summed E-state index contributed by atoms with van der Waals surface area (Å²) in [6, 6.07) is 36.9. The van der Waals surface area contributed by atoms with Gasteiger partial charge in [-0.3, -0.25) is 0 Å². The molecule has 7 heteroatoms. The van der Waals surface area contributed by atoms with Crippen LogP contribution in [0.5, 0.6) is 0 Å². The van der Waals surface area contributed by atoms with Crippen LogP contribution in [0, 0.1) is 0 Å². The van der Waals surface area contributed by atoms with Crippen LogP contribution in [0.15, 0.2) is 128 Å². The van der Waals surface area contributed by atoms with Crippen LogP contribution in [-0.4, -0.2) is 33.2 Å². The molecule has 5 aromatic carbocycles. The van der Waals surface area contributed by atoms with Crippen molar-refractivity contribution in [1.29, 1.82) is 0 Å². The summed E-state index contributed by atoms with van der Waals surface area (Å²) < 4.78 is 11.7. The van der Waals surface area contributed by atoms with Crippen molar-refractivity contribution >= 4 is 44.7 Å². The Morgan fingerprint density at radius 2 is 0.925 bits per heavy atom.